The Morgan fingerprint density at radius 3 is 2.58 bits per heavy atom. The van der Waals surface area contributed by atoms with Crippen LogP contribution >= 0.6 is 0 Å². The van der Waals surface area contributed by atoms with Crippen LogP contribution in [0.1, 0.15) is 35.7 Å². The molecule has 0 radical (unpaired) electrons. The van der Waals surface area contributed by atoms with Crippen LogP contribution < -0.4 is 10.6 Å². The molecular formula is C16H19N3O5. The maximum absolute atomic E-state index is 12.4. The molecule has 24 heavy (non-hydrogen) atoms. The van der Waals surface area contributed by atoms with Crippen LogP contribution in [0.5, 0.6) is 0 Å². The van der Waals surface area contributed by atoms with Gasteiger partial charge in [0.1, 0.15) is 5.54 Å². The smallest absolute Gasteiger partial charge is 0.322 e. The van der Waals surface area contributed by atoms with Crippen molar-refractivity contribution in [3.8, 4) is 0 Å². The largest absolute Gasteiger partial charge is 0.481 e. The molecule has 1 fully saturated rings. The number of imide groups is 1. The Labute approximate surface area is 138 Å². The number of carboxylic acid groups (broad SMARTS) is 1. The van der Waals surface area contributed by atoms with E-state index in [1.807, 2.05) is 0 Å². The van der Waals surface area contributed by atoms with Gasteiger partial charge in [0.25, 0.3) is 11.8 Å². The highest BCUT2D eigenvalue weighted by Crippen LogP contribution is 2.25. The minimum Gasteiger partial charge on any atom is -0.481 e. The number of carbonyl (C=O) groups is 4. The molecule has 1 saturated heterocycles. The molecule has 4 amide bonds. The van der Waals surface area contributed by atoms with Gasteiger partial charge in [-0.25, -0.2) is 4.79 Å². The number of hydrogen-bond acceptors (Lipinski definition) is 4. The SMILES string of the molecule is CN(CCCC(=O)O)C(=O)c1cccc(C2(C)NC(=O)NC2=O)c1. The Balaban J connectivity index is 2.15. The average Bonchev–Trinajstić information content (AvgIpc) is 2.79. The standard InChI is InChI=1S/C16H19N3O5/c1-16(14(23)17-15(24)18-16)11-6-3-5-10(9-11)13(22)19(2)8-4-7-12(20)21/h3,5-6,9H,4,7-8H2,1-2H3,(H,20,21)(H2,17,18,23,24). The van der Waals surface area contributed by atoms with E-state index in [1.165, 1.54) is 4.90 Å². The summed E-state index contributed by atoms with van der Waals surface area (Å²) in [5.74, 6) is -1.67. The van der Waals surface area contributed by atoms with Gasteiger partial charge in [0.15, 0.2) is 0 Å². The van der Waals surface area contributed by atoms with E-state index < -0.39 is 23.4 Å². The summed E-state index contributed by atoms with van der Waals surface area (Å²) < 4.78 is 0. The van der Waals surface area contributed by atoms with Crippen molar-refractivity contribution in [2.45, 2.75) is 25.3 Å². The molecule has 0 aliphatic carbocycles. The lowest BCUT2D eigenvalue weighted by atomic mass is 9.91. The first kappa shape index (κ1) is 17.5. The Morgan fingerprint density at radius 2 is 2.00 bits per heavy atom. The zero-order valence-corrected chi connectivity index (χ0v) is 13.5. The molecular weight excluding hydrogens is 314 g/mol. The lowest BCUT2D eigenvalue weighted by molar-refractivity contribution is -0.137. The van der Waals surface area contributed by atoms with Crippen LogP contribution in [0.2, 0.25) is 0 Å². The summed E-state index contributed by atoms with van der Waals surface area (Å²) in [5.41, 5.74) is -0.369. The summed E-state index contributed by atoms with van der Waals surface area (Å²) in [6.45, 7) is 1.87. The molecule has 1 aliphatic rings. The van der Waals surface area contributed by atoms with Crippen molar-refractivity contribution in [3.63, 3.8) is 0 Å². The summed E-state index contributed by atoms with van der Waals surface area (Å²) in [5, 5.41) is 13.4. The molecule has 0 aromatic heterocycles. The Bertz CT molecular complexity index is 703. The van der Waals surface area contributed by atoms with E-state index >= 15 is 0 Å². The molecule has 0 saturated carbocycles. The first-order chi connectivity index (χ1) is 11.2. The molecule has 1 aromatic carbocycles. The molecule has 0 spiro atoms. The molecule has 1 atom stereocenters. The molecule has 1 unspecified atom stereocenters. The minimum absolute atomic E-state index is 0.0120. The van der Waals surface area contributed by atoms with Crippen molar-refractivity contribution in [1.82, 2.24) is 15.5 Å². The van der Waals surface area contributed by atoms with Gasteiger partial charge in [0.05, 0.1) is 0 Å². The van der Waals surface area contributed by atoms with Gasteiger partial charge in [-0.3, -0.25) is 19.7 Å². The summed E-state index contributed by atoms with van der Waals surface area (Å²) in [7, 11) is 1.59. The predicted molar refractivity (Wildman–Crippen MR) is 84.3 cm³/mol. The number of hydrogen-bond donors (Lipinski definition) is 3. The fraction of sp³-hybridized carbons (Fsp3) is 0.375. The van der Waals surface area contributed by atoms with Crippen molar-refractivity contribution >= 4 is 23.8 Å². The highest BCUT2D eigenvalue weighted by atomic mass is 16.4. The maximum Gasteiger partial charge on any atom is 0.322 e. The molecule has 0 bridgehead atoms. The summed E-state index contributed by atoms with van der Waals surface area (Å²) in [6.07, 6.45) is 0.343. The van der Waals surface area contributed by atoms with Crippen LogP contribution in [0, 0.1) is 0 Å². The molecule has 1 heterocycles. The van der Waals surface area contributed by atoms with Gasteiger partial charge in [0, 0.05) is 25.6 Å². The third-order valence-electron chi connectivity index (χ3n) is 3.96. The Hall–Kier alpha value is -2.90. The normalized spacial score (nSPS) is 19.6. The van der Waals surface area contributed by atoms with E-state index in [4.69, 9.17) is 5.11 Å². The number of amides is 4. The summed E-state index contributed by atoms with van der Waals surface area (Å²) in [6, 6.07) is 5.88. The lowest BCUT2D eigenvalue weighted by Crippen LogP contribution is -2.40. The monoisotopic (exact) mass is 333 g/mol. The molecule has 8 heteroatoms. The number of carbonyl (C=O) groups excluding carboxylic acids is 3. The van der Waals surface area contributed by atoms with E-state index in [9.17, 15) is 19.2 Å². The first-order valence-electron chi connectivity index (χ1n) is 7.45. The molecule has 8 nitrogen and oxygen atoms in total. The van der Waals surface area contributed by atoms with Gasteiger partial charge in [0.2, 0.25) is 0 Å². The highest BCUT2D eigenvalue weighted by molar-refractivity contribution is 6.07. The van der Waals surface area contributed by atoms with Gasteiger partial charge < -0.3 is 15.3 Å². The number of rotatable bonds is 6. The topological polar surface area (TPSA) is 116 Å². The van der Waals surface area contributed by atoms with Crippen LogP contribution in [0.3, 0.4) is 0 Å². The number of carboxylic acids is 1. The zero-order valence-electron chi connectivity index (χ0n) is 13.5. The summed E-state index contributed by atoms with van der Waals surface area (Å²) in [4.78, 5) is 47.7. The highest BCUT2D eigenvalue weighted by Gasteiger charge is 2.43. The van der Waals surface area contributed by atoms with Crippen molar-refractivity contribution in [3.05, 3.63) is 35.4 Å². The van der Waals surface area contributed by atoms with Crippen molar-refractivity contribution in [2.24, 2.45) is 0 Å². The van der Waals surface area contributed by atoms with Gasteiger partial charge in [-0.1, -0.05) is 12.1 Å². The number of aliphatic carboxylic acids is 1. The van der Waals surface area contributed by atoms with E-state index in [-0.39, 0.29) is 12.3 Å². The Morgan fingerprint density at radius 1 is 1.29 bits per heavy atom. The second-order valence-corrected chi connectivity index (χ2v) is 5.84. The number of nitrogens with zero attached hydrogens (tertiary/aromatic N) is 1. The summed E-state index contributed by atoms with van der Waals surface area (Å²) >= 11 is 0. The van der Waals surface area contributed by atoms with Gasteiger partial charge in [-0.15, -0.1) is 0 Å². The molecule has 2 rings (SSSR count). The average molecular weight is 333 g/mol. The first-order valence-corrected chi connectivity index (χ1v) is 7.45. The molecule has 128 valence electrons. The van der Waals surface area contributed by atoms with E-state index in [0.29, 0.717) is 24.1 Å². The molecule has 1 aromatic rings. The van der Waals surface area contributed by atoms with E-state index in [0.717, 1.165) is 0 Å². The fourth-order valence-corrected chi connectivity index (χ4v) is 2.50. The second kappa shape index (κ2) is 6.69. The van der Waals surface area contributed by atoms with Crippen LogP contribution in [-0.2, 0) is 15.1 Å². The van der Waals surface area contributed by atoms with Gasteiger partial charge in [-0.2, -0.15) is 0 Å². The van der Waals surface area contributed by atoms with Crippen LogP contribution in [-0.4, -0.2) is 47.4 Å². The van der Waals surface area contributed by atoms with Crippen molar-refractivity contribution in [1.29, 1.82) is 0 Å². The second-order valence-electron chi connectivity index (χ2n) is 5.84. The lowest BCUT2D eigenvalue weighted by Gasteiger charge is -2.22. The van der Waals surface area contributed by atoms with Gasteiger partial charge in [-0.05, 0) is 31.0 Å². The minimum atomic E-state index is -1.23. The van der Waals surface area contributed by atoms with E-state index in [2.05, 4.69) is 10.6 Å². The quantitative estimate of drug-likeness (QED) is 0.662. The zero-order chi connectivity index (χ0) is 17.9. The third-order valence-corrected chi connectivity index (χ3v) is 3.96. The predicted octanol–water partition coefficient (Wildman–Crippen LogP) is 0.678. The van der Waals surface area contributed by atoms with E-state index in [1.54, 1.807) is 38.2 Å². The number of benzene rings is 1. The molecule has 1 aliphatic heterocycles. The third kappa shape index (κ3) is 3.53. The fourth-order valence-electron chi connectivity index (χ4n) is 2.50. The van der Waals surface area contributed by atoms with Crippen LogP contribution in [0.4, 0.5) is 4.79 Å². The Kier molecular flexibility index (Phi) is 4.87. The van der Waals surface area contributed by atoms with Crippen LogP contribution in [0.25, 0.3) is 0 Å². The number of urea groups is 1. The van der Waals surface area contributed by atoms with Crippen molar-refractivity contribution in [2.75, 3.05) is 13.6 Å². The number of nitrogens with one attached hydrogen (secondary N) is 2. The maximum atomic E-state index is 12.4. The van der Waals surface area contributed by atoms with Gasteiger partial charge >= 0.3 is 12.0 Å². The molecule has 3 N–H and O–H groups in total. The van der Waals surface area contributed by atoms with Crippen LogP contribution in [0.15, 0.2) is 24.3 Å². The van der Waals surface area contributed by atoms with Crippen molar-refractivity contribution < 1.29 is 24.3 Å².